The molecule has 8 aromatic carbocycles. The number of rotatable bonds is 1. The Hall–Kier alpha value is -6.34. The van der Waals surface area contributed by atoms with Crippen molar-refractivity contribution in [1.29, 1.82) is 0 Å². The second-order valence-corrected chi connectivity index (χ2v) is 24.1. The Morgan fingerprint density at radius 1 is 0.530 bits per heavy atom. The standard InChI is InChI=1S/C60H47BN2OS2/c1-58(2,3)32-16-18-33(19-17-32)63-48-30-54-41(42-26-44-45(28-53(42)66-54)60(6,7)23-22-59(44,4)5)25-38(48)36-20-21-37-39-24-40-34-12-8-10-14-50(34)64-51(40)29-47(39)62-49-31-55-43(35-13-9-11-15-52(35)65-55)27-46(49)61(63)56(36)57(37)62/h8-21,24-31H,22-23H2,1-7H3. The molecule has 0 radical (unpaired) electrons. The Morgan fingerprint density at radius 2 is 1.20 bits per heavy atom. The summed E-state index contributed by atoms with van der Waals surface area (Å²) in [6, 6.07) is 51.9. The van der Waals surface area contributed by atoms with Crippen molar-refractivity contribution in [3.8, 4) is 16.8 Å². The zero-order valence-electron chi connectivity index (χ0n) is 38.3. The summed E-state index contributed by atoms with van der Waals surface area (Å²) in [5, 5.41) is 10.3. The highest BCUT2D eigenvalue weighted by molar-refractivity contribution is 7.26. The van der Waals surface area contributed by atoms with Gasteiger partial charge in [-0.15, -0.1) is 22.7 Å². The molecule has 0 saturated carbocycles. The zero-order chi connectivity index (χ0) is 44.3. The number of nitrogens with zero attached hydrogens (tertiary/aromatic N) is 2. The Labute approximate surface area is 392 Å². The summed E-state index contributed by atoms with van der Waals surface area (Å²) in [4.78, 5) is 2.71. The van der Waals surface area contributed by atoms with Crippen molar-refractivity contribution in [2.24, 2.45) is 0 Å². The fourth-order valence-electron chi connectivity index (χ4n) is 12.6. The fraction of sp³-hybridized carbons (Fsp3) is 0.200. The molecule has 4 aromatic heterocycles. The lowest BCUT2D eigenvalue weighted by atomic mass is 9.44. The highest BCUT2D eigenvalue weighted by atomic mass is 32.1. The third-order valence-electron chi connectivity index (χ3n) is 16.2. The normalized spacial score (nSPS) is 16.2. The first-order valence-corrected chi connectivity index (χ1v) is 25.3. The summed E-state index contributed by atoms with van der Waals surface area (Å²) in [6.07, 6.45) is 2.41. The molecule has 318 valence electrons. The molecule has 6 heterocycles. The Balaban J connectivity index is 1.10. The largest absolute Gasteiger partial charge is 0.456 e. The highest BCUT2D eigenvalue weighted by Crippen LogP contribution is 2.53. The van der Waals surface area contributed by atoms with Crippen LogP contribution in [0.1, 0.15) is 78.0 Å². The smallest absolute Gasteiger partial charge is 0.333 e. The van der Waals surface area contributed by atoms with Crippen LogP contribution in [0.5, 0.6) is 0 Å². The Morgan fingerprint density at radius 3 is 1.98 bits per heavy atom. The highest BCUT2D eigenvalue weighted by Gasteiger charge is 2.45. The first-order valence-electron chi connectivity index (χ1n) is 23.6. The van der Waals surface area contributed by atoms with Crippen LogP contribution in [0, 0.1) is 0 Å². The van der Waals surface area contributed by atoms with E-state index in [9.17, 15) is 0 Å². The second kappa shape index (κ2) is 12.4. The number of para-hydroxylation sites is 1. The van der Waals surface area contributed by atoms with E-state index in [0.717, 1.165) is 21.9 Å². The number of benzene rings is 8. The summed E-state index contributed by atoms with van der Waals surface area (Å²) in [5.74, 6) is 0. The van der Waals surface area contributed by atoms with Crippen LogP contribution in [-0.2, 0) is 16.2 Å². The van der Waals surface area contributed by atoms with Gasteiger partial charge in [0.2, 0.25) is 0 Å². The van der Waals surface area contributed by atoms with Crippen LogP contribution in [0.25, 0.3) is 101 Å². The van der Waals surface area contributed by atoms with Gasteiger partial charge < -0.3 is 13.8 Å². The Kier molecular flexibility index (Phi) is 7.08. The van der Waals surface area contributed by atoms with E-state index in [1.54, 1.807) is 0 Å². The number of hydrogen-bond acceptors (Lipinski definition) is 4. The molecule has 12 aromatic rings. The number of aromatic nitrogens is 1. The van der Waals surface area contributed by atoms with Gasteiger partial charge in [-0.3, -0.25) is 0 Å². The first kappa shape index (κ1) is 37.8. The van der Waals surface area contributed by atoms with Crippen LogP contribution in [-0.4, -0.2) is 11.4 Å². The molecule has 0 fully saturated rings. The van der Waals surface area contributed by atoms with Crippen molar-refractivity contribution in [2.45, 2.75) is 77.6 Å². The molecule has 6 heteroatoms. The van der Waals surface area contributed by atoms with Gasteiger partial charge >= 0.3 is 6.85 Å². The van der Waals surface area contributed by atoms with Gasteiger partial charge in [-0.25, -0.2) is 0 Å². The van der Waals surface area contributed by atoms with Gasteiger partial charge in [0.15, 0.2) is 0 Å². The summed E-state index contributed by atoms with van der Waals surface area (Å²) in [5.41, 5.74) is 18.1. The van der Waals surface area contributed by atoms with E-state index in [-0.39, 0.29) is 23.1 Å². The summed E-state index contributed by atoms with van der Waals surface area (Å²) in [6.45, 7) is 16.7. The molecule has 2 aliphatic heterocycles. The lowest BCUT2D eigenvalue weighted by molar-refractivity contribution is 0.332. The third kappa shape index (κ3) is 4.84. The van der Waals surface area contributed by atoms with E-state index in [1.165, 1.54) is 131 Å². The van der Waals surface area contributed by atoms with E-state index < -0.39 is 0 Å². The lowest BCUT2D eigenvalue weighted by Gasteiger charge is -2.42. The predicted octanol–water partition coefficient (Wildman–Crippen LogP) is 16.3. The van der Waals surface area contributed by atoms with E-state index in [0.29, 0.717) is 0 Å². The predicted molar refractivity (Wildman–Crippen MR) is 287 cm³/mol. The molecule has 3 aliphatic rings. The third-order valence-corrected chi connectivity index (χ3v) is 18.4. The molecule has 0 unspecified atom stereocenters. The number of anilines is 2. The molecule has 0 saturated heterocycles. The molecular weight excluding hydrogens is 840 g/mol. The summed E-state index contributed by atoms with van der Waals surface area (Å²) >= 11 is 3.88. The molecule has 1 aliphatic carbocycles. The average Bonchev–Trinajstić information content (AvgIpc) is 4.05. The minimum absolute atomic E-state index is 0.0388. The number of furan rings is 1. The van der Waals surface area contributed by atoms with Crippen LogP contribution >= 0.6 is 22.7 Å². The first-order chi connectivity index (χ1) is 31.8. The van der Waals surface area contributed by atoms with E-state index in [4.69, 9.17) is 4.42 Å². The average molecular weight is 887 g/mol. The zero-order valence-corrected chi connectivity index (χ0v) is 39.9. The van der Waals surface area contributed by atoms with E-state index in [1.807, 2.05) is 22.7 Å². The SMILES string of the molecule is CC(C)(C)c1ccc(N2B3c4cc5c(cc4-n4c6cc7oc8ccccc8c7cc6c6ccc(c3c64)-c3cc4c(cc32)sc2cc3c(cc24)C(C)(C)CCC3(C)C)sc2ccccc25)cc1. The van der Waals surface area contributed by atoms with Gasteiger partial charge in [0.05, 0.1) is 11.0 Å². The molecule has 0 bridgehead atoms. The number of hydrogen-bond donors (Lipinski definition) is 0. The quantitative estimate of drug-likeness (QED) is 0.153. The van der Waals surface area contributed by atoms with E-state index >= 15 is 0 Å². The van der Waals surface area contributed by atoms with Crippen LogP contribution < -0.4 is 15.7 Å². The van der Waals surface area contributed by atoms with Crippen LogP contribution in [0.2, 0.25) is 0 Å². The topological polar surface area (TPSA) is 21.3 Å². The van der Waals surface area contributed by atoms with Gasteiger partial charge in [0.1, 0.15) is 11.2 Å². The van der Waals surface area contributed by atoms with Crippen molar-refractivity contribution in [2.75, 3.05) is 4.81 Å². The van der Waals surface area contributed by atoms with Gasteiger partial charge in [-0.05, 0) is 123 Å². The molecule has 0 spiro atoms. The van der Waals surface area contributed by atoms with Gasteiger partial charge in [0, 0.05) is 90.6 Å². The number of thiophene rings is 2. The van der Waals surface area contributed by atoms with Crippen molar-refractivity contribution in [1.82, 2.24) is 4.57 Å². The summed E-state index contributed by atoms with van der Waals surface area (Å²) < 4.78 is 14.6. The van der Waals surface area contributed by atoms with Crippen LogP contribution in [0.3, 0.4) is 0 Å². The van der Waals surface area contributed by atoms with Crippen molar-refractivity contribution < 1.29 is 4.42 Å². The fourth-order valence-corrected chi connectivity index (χ4v) is 14.8. The van der Waals surface area contributed by atoms with E-state index in [2.05, 4.69) is 191 Å². The van der Waals surface area contributed by atoms with Crippen LogP contribution in [0.15, 0.2) is 138 Å². The summed E-state index contributed by atoms with van der Waals surface area (Å²) in [7, 11) is 0. The van der Waals surface area contributed by atoms with Crippen LogP contribution in [0.4, 0.5) is 11.4 Å². The van der Waals surface area contributed by atoms with Crippen molar-refractivity contribution in [3.05, 3.63) is 150 Å². The number of fused-ring (bicyclic) bond motifs is 18. The molecular formula is C60H47BN2OS2. The molecule has 0 amide bonds. The van der Waals surface area contributed by atoms with Gasteiger partial charge in [-0.1, -0.05) is 115 Å². The molecule has 0 N–H and O–H groups in total. The molecule has 3 nitrogen and oxygen atoms in total. The Bertz CT molecular complexity index is 4170. The maximum atomic E-state index is 6.64. The molecule has 66 heavy (non-hydrogen) atoms. The second-order valence-electron chi connectivity index (χ2n) is 21.9. The minimum Gasteiger partial charge on any atom is -0.456 e. The maximum absolute atomic E-state index is 6.64. The van der Waals surface area contributed by atoms with Crippen molar-refractivity contribution in [3.63, 3.8) is 0 Å². The monoisotopic (exact) mass is 886 g/mol. The minimum atomic E-state index is -0.0730. The van der Waals surface area contributed by atoms with Gasteiger partial charge in [0.25, 0.3) is 0 Å². The maximum Gasteiger partial charge on any atom is 0.333 e. The molecule has 15 rings (SSSR count). The van der Waals surface area contributed by atoms with Gasteiger partial charge in [-0.2, -0.15) is 0 Å². The van der Waals surface area contributed by atoms with Crippen molar-refractivity contribution >= 4 is 136 Å². The lowest BCUT2D eigenvalue weighted by Crippen LogP contribution is -2.60. The molecule has 0 atom stereocenters.